The van der Waals surface area contributed by atoms with Gasteiger partial charge >= 0.3 is 0 Å². The van der Waals surface area contributed by atoms with E-state index < -0.39 is 0 Å². The minimum Gasteiger partial charge on any atom is -0.396 e. The lowest BCUT2D eigenvalue weighted by Crippen LogP contribution is -1.88. The van der Waals surface area contributed by atoms with E-state index >= 15 is 0 Å². The molecule has 0 bridgehead atoms. The van der Waals surface area contributed by atoms with E-state index in [1.54, 1.807) is 17.3 Å². The molecule has 60 valence electrons. The van der Waals surface area contributed by atoms with Crippen LogP contribution in [0.3, 0.4) is 0 Å². The fraction of sp³-hybridized carbons (Fsp3) is 0.714. The highest BCUT2D eigenvalue weighted by atomic mass is 35.5. The van der Waals surface area contributed by atoms with E-state index in [-0.39, 0.29) is 6.61 Å². The summed E-state index contributed by atoms with van der Waals surface area (Å²) in [6.45, 7) is 2.29. The van der Waals surface area contributed by atoms with E-state index in [1.165, 1.54) is 5.57 Å². The van der Waals surface area contributed by atoms with Crippen molar-refractivity contribution in [2.45, 2.75) is 13.3 Å². The average molecular weight is 181 g/mol. The second-order valence-electron chi connectivity index (χ2n) is 2.09. The Kier molecular flexibility index (Phi) is 7.70. The van der Waals surface area contributed by atoms with Crippen LogP contribution in [0.15, 0.2) is 11.1 Å². The summed E-state index contributed by atoms with van der Waals surface area (Å²) in [6.07, 6.45) is 0.875. The van der Waals surface area contributed by atoms with E-state index in [4.69, 9.17) is 16.7 Å². The molecule has 0 aromatic carbocycles. The maximum Gasteiger partial charge on any atom is 0.0438 e. The first-order valence-electron chi connectivity index (χ1n) is 3.25. The molecule has 0 unspecified atom stereocenters. The van der Waals surface area contributed by atoms with Crippen LogP contribution in [0, 0.1) is 0 Å². The predicted molar refractivity (Wildman–Crippen MR) is 48.6 cm³/mol. The zero-order valence-electron chi connectivity index (χ0n) is 6.14. The molecular weight excluding hydrogens is 168 g/mol. The molecule has 0 aliphatic heterocycles. The van der Waals surface area contributed by atoms with Crippen LogP contribution in [0.1, 0.15) is 13.3 Å². The van der Waals surface area contributed by atoms with Crippen LogP contribution in [0.5, 0.6) is 0 Å². The Balaban J connectivity index is 3.04. The van der Waals surface area contributed by atoms with Crippen LogP contribution < -0.4 is 0 Å². The third-order valence-electron chi connectivity index (χ3n) is 0.963. The second kappa shape index (κ2) is 7.45. The third kappa shape index (κ3) is 6.46. The summed E-state index contributed by atoms with van der Waals surface area (Å²) in [6, 6.07) is 0. The molecule has 1 N–H and O–H groups in total. The van der Waals surface area contributed by atoms with Gasteiger partial charge in [0.25, 0.3) is 0 Å². The van der Waals surface area contributed by atoms with Gasteiger partial charge in [-0.05, 0) is 19.1 Å². The van der Waals surface area contributed by atoms with Crippen molar-refractivity contribution < 1.29 is 5.11 Å². The smallest absolute Gasteiger partial charge is 0.0438 e. The molecule has 1 nitrogen and oxygen atoms in total. The van der Waals surface area contributed by atoms with Gasteiger partial charge < -0.3 is 5.11 Å². The van der Waals surface area contributed by atoms with Gasteiger partial charge in [-0.3, -0.25) is 0 Å². The van der Waals surface area contributed by atoms with Crippen LogP contribution in [0.25, 0.3) is 0 Å². The normalized spacial score (nSPS) is 12.1. The molecule has 0 aliphatic rings. The van der Waals surface area contributed by atoms with Crippen LogP contribution >= 0.6 is 23.4 Å². The Morgan fingerprint density at radius 2 is 2.40 bits per heavy atom. The van der Waals surface area contributed by atoms with E-state index in [9.17, 15) is 0 Å². The summed E-state index contributed by atoms with van der Waals surface area (Å²) in [5.41, 5.74) is 2.79. The van der Waals surface area contributed by atoms with Gasteiger partial charge in [0.15, 0.2) is 0 Å². The van der Waals surface area contributed by atoms with Gasteiger partial charge in [0, 0.05) is 17.9 Å². The standard InChI is InChI=1S/C7H13ClOS/c1-7(5-8)6-10-4-2-3-9/h5,9H,2-4,6H2,1H3/b7-5+. The third-order valence-corrected chi connectivity index (χ3v) is 2.57. The predicted octanol–water partition coefficient (Wildman–Crippen LogP) is 2.24. The molecule has 10 heavy (non-hydrogen) atoms. The Bertz CT molecular complexity index is 104. The topological polar surface area (TPSA) is 20.2 Å². The molecule has 0 rings (SSSR count). The number of aliphatic hydroxyl groups excluding tert-OH is 1. The zero-order chi connectivity index (χ0) is 7.82. The van der Waals surface area contributed by atoms with Crippen LogP contribution in [0.2, 0.25) is 0 Å². The molecule has 0 aromatic rings. The number of thioether (sulfide) groups is 1. The number of halogens is 1. The molecular formula is C7H13ClOS. The quantitative estimate of drug-likeness (QED) is 0.655. The fourth-order valence-electron chi connectivity index (χ4n) is 0.431. The van der Waals surface area contributed by atoms with E-state index in [1.807, 2.05) is 6.92 Å². The Morgan fingerprint density at radius 3 is 2.90 bits per heavy atom. The van der Waals surface area contributed by atoms with Gasteiger partial charge in [0.05, 0.1) is 0 Å². The van der Waals surface area contributed by atoms with Crippen LogP contribution in [0.4, 0.5) is 0 Å². The Morgan fingerprint density at radius 1 is 1.70 bits per heavy atom. The monoisotopic (exact) mass is 180 g/mol. The molecule has 0 fully saturated rings. The van der Waals surface area contributed by atoms with Gasteiger partial charge in [0.2, 0.25) is 0 Å². The molecule has 3 heteroatoms. The molecule has 0 spiro atoms. The van der Waals surface area contributed by atoms with Crippen LogP contribution in [-0.2, 0) is 0 Å². The molecule has 0 saturated carbocycles. The highest BCUT2D eigenvalue weighted by Gasteiger charge is 1.89. The molecule has 0 heterocycles. The lowest BCUT2D eigenvalue weighted by Gasteiger charge is -1.97. The fourth-order valence-corrected chi connectivity index (χ4v) is 1.48. The number of aliphatic hydroxyl groups is 1. The number of hydrogen-bond donors (Lipinski definition) is 1. The summed E-state index contributed by atoms with van der Waals surface area (Å²) < 4.78 is 0. The first kappa shape index (κ1) is 10.3. The van der Waals surface area contributed by atoms with Crippen molar-refractivity contribution in [3.8, 4) is 0 Å². The van der Waals surface area contributed by atoms with Gasteiger partial charge in [-0.2, -0.15) is 11.8 Å². The van der Waals surface area contributed by atoms with E-state index in [0.717, 1.165) is 17.9 Å². The first-order valence-corrected chi connectivity index (χ1v) is 4.85. The van der Waals surface area contributed by atoms with Crippen molar-refractivity contribution in [1.29, 1.82) is 0 Å². The summed E-state index contributed by atoms with van der Waals surface area (Å²) >= 11 is 7.24. The molecule has 0 aromatic heterocycles. The SMILES string of the molecule is C/C(=C\Cl)CSCCCO. The second-order valence-corrected chi connectivity index (χ2v) is 3.41. The molecule has 0 aliphatic carbocycles. The highest BCUT2D eigenvalue weighted by molar-refractivity contribution is 7.99. The largest absolute Gasteiger partial charge is 0.396 e. The van der Waals surface area contributed by atoms with Crippen molar-refractivity contribution >= 4 is 23.4 Å². The zero-order valence-corrected chi connectivity index (χ0v) is 7.71. The maximum atomic E-state index is 8.43. The van der Waals surface area contributed by atoms with Crippen molar-refractivity contribution in [2.75, 3.05) is 18.1 Å². The number of hydrogen-bond acceptors (Lipinski definition) is 2. The molecule has 0 amide bonds. The highest BCUT2D eigenvalue weighted by Crippen LogP contribution is 2.08. The lowest BCUT2D eigenvalue weighted by atomic mass is 10.4. The van der Waals surface area contributed by atoms with Gasteiger partial charge in [-0.1, -0.05) is 17.2 Å². The van der Waals surface area contributed by atoms with Gasteiger partial charge in [-0.15, -0.1) is 0 Å². The minimum absolute atomic E-state index is 0.288. The number of rotatable bonds is 5. The average Bonchev–Trinajstić information content (AvgIpc) is 1.98. The van der Waals surface area contributed by atoms with E-state index in [2.05, 4.69) is 0 Å². The first-order chi connectivity index (χ1) is 4.81. The summed E-state index contributed by atoms with van der Waals surface area (Å²) in [4.78, 5) is 0. The summed E-state index contributed by atoms with van der Waals surface area (Å²) in [7, 11) is 0. The van der Waals surface area contributed by atoms with Crippen molar-refractivity contribution in [1.82, 2.24) is 0 Å². The molecule has 0 atom stereocenters. The van der Waals surface area contributed by atoms with Crippen molar-refractivity contribution in [2.24, 2.45) is 0 Å². The summed E-state index contributed by atoms with van der Waals surface area (Å²) in [5, 5.41) is 8.43. The van der Waals surface area contributed by atoms with Crippen molar-refractivity contribution in [3.63, 3.8) is 0 Å². The molecule has 0 saturated heterocycles. The Hall–Kier alpha value is 0.340. The van der Waals surface area contributed by atoms with Gasteiger partial charge in [-0.25, -0.2) is 0 Å². The molecule has 0 radical (unpaired) electrons. The lowest BCUT2D eigenvalue weighted by molar-refractivity contribution is 0.296. The maximum absolute atomic E-state index is 8.43. The Labute approximate surface area is 71.5 Å². The van der Waals surface area contributed by atoms with Crippen molar-refractivity contribution in [3.05, 3.63) is 11.1 Å². The minimum atomic E-state index is 0.288. The van der Waals surface area contributed by atoms with E-state index in [0.29, 0.717) is 0 Å². The summed E-state index contributed by atoms with van der Waals surface area (Å²) in [5.74, 6) is 1.99. The van der Waals surface area contributed by atoms with Crippen LogP contribution in [-0.4, -0.2) is 23.2 Å². The van der Waals surface area contributed by atoms with Gasteiger partial charge in [0.1, 0.15) is 0 Å².